The van der Waals surface area contributed by atoms with Gasteiger partial charge in [0.1, 0.15) is 0 Å². The van der Waals surface area contributed by atoms with Crippen LogP contribution in [0.3, 0.4) is 0 Å². The largest absolute Gasteiger partial charge is 0.190 e. The van der Waals surface area contributed by atoms with Gasteiger partial charge in [0.15, 0.2) is 0 Å². The number of azo groups is 1. The molecule has 0 radical (unpaired) electrons. The Morgan fingerprint density at radius 1 is 0.500 bits per heavy atom. The molecule has 0 aromatic rings. The number of halogens is 2. The average molecular weight is 614 g/mol. The zero-order valence-electron chi connectivity index (χ0n) is 19.4. The van der Waals surface area contributed by atoms with Crippen molar-refractivity contribution in [1.82, 2.24) is 0 Å². The second-order valence-corrected chi connectivity index (χ2v) is 14.5. The average Bonchev–Trinajstić information content (AvgIpc) is 2.59. The molecule has 2 aliphatic rings. The summed E-state index contributed by atoms with van der Waals surface area (Å²) in [6.45, 7) is 19.2. The second-order valence-electron chi connectivity index (χ2n) is 11.0. The van der Waals surface area contributed by atoms with Gasteiger partial charge in [0, 0.05) is 7.85 Å². The van der Waals surface area contributed by atoms with Crippen molar-refractivity contribution >= 4 is 45.2 Å². The van der Waals surface area contributed by atoms with Gasteiger partial charge in [-0.3, -0.25) is 0 Å². The maximum absolute atomic E-state index is 5.26. The summed E-state index contributed by atoms with van der Waals surface area (Å²) in [6.07, 6.45) is 5.25. The van der Waals surface area contributed by atoms with E-state index >= 15 is 0 Å². The molecule has 2 aliphatic carbocycles. The van der Waals surface area contributed by atoms with Gasteiger partial charge in [-0.25, -0.2) is 0 Å². The summed E-state index contributed by atoms with van der Waals surface area (Å²) in [5.74, 6) is 5.49. The summed E-state index contributed by atoms with van der Waals surface area (Å²) in [7, 11) is 0. The van der Waals surface area contributed by atoms with Crippen LogP contribution < -0.4 is 0 Å². The first-order chi connectivity index (χ1) is 13.0. The first-order valence-electron chi connectivity index (χ1n) is 11.7. The van der Waals surface area contributed by atoms with Gasteiger partial charge in [0.2, 0.25) is 0 Å². The van der Waals surface area contributed by atoms with E-state index in [4.69, 9.17) is 10.2 Å². The Hall–Kier alpha value is 1.06. The smallest absolute Gasteiger partial charge is 0.0770 e. The SMILES string of the molecule is CC(C)C1CC(I)CC(C(C)C)C1N=NC1C(C(C)C)CC(I)CC1C(C)C. The van der Waals surface area contributed by atoms with Crippen molar-refractivity contribution < 1.29 is 0 Å². The van der Waals surface area contributed by atoms with Crippen LogP contribution in [0.15, 0.2) is 10.2 Å². The molecule has 0 bridgehead atoms. The number of alkyl halides is 2. The van der Waals surface area contributed by atoms with Crippen LogP contribution in [-0.2, 0) is 0 Å². The van der Waals surface area contributed by atoms with E-state index in [-0.39, 0.29) is 0 Å². The minimum absolute atomic E-state index is 0.420. The van der Waals surface area contributed by atoms with Gasteiger partial charge in [-0.15, -0.1) is 0 Å². The lowest BCUT2D eigenvalue weighted by Gasteiger charge is -2.44. The second kappa shape index (κ2) is 11.1. The zero-order valence-corrected chi connectivity index (χ0v) is 23.7. The van der Waals surface area contributed by atoms with E-state index in [1.165, 1.54) is 25.7 Å². The highest BCUT2D eigenvalue weighted by molar-refractivity contribution is 14.1. The Bertz CT molecular complexity index is 423. The van der Waals surface area contributed by atoms with Crippen molar-refractivity contribution in [3.63, 3.8) is 0 Å². The predicted octanol–water partition coefficient (Wildman–Crippen LogP) is 8.46. The quantitative estimate of drug-likeness (QED) is 0.163. The molecule has 164 valence electrons. The van der Waals surface area contributed by atoms with Crippen molar-refractivity contribution in [2.24, 2.45) is 57.6 Å². The third kappa shape index (κ3) is 6.29. The summed E-state index contributed by atoms with van der Waals surface area (Å²) in [4.78, 5) is 0. The van der Waals surface area contributed by atoms with Crippen molar-refractivity contribution in [2.45, 2.75) is 101 Å². The van der Waals surface area contributed by atoms with Gasteiger partial charge in [-0.2, -0.15) is 10.2 Å². The summed E-state index contributed by atoms with van der Waals surface area (Å²) in [6, 6.07) is 0.841. The highest BCUT2D eigenvalue weighted by atomic mass is 127. The maximum Gasteiger partial charge on any atom is 0.0770 e. The normalized spacial score (nSPS) is 40.4. The van der Waals surface area contributed by atoms with Crippen LogP contribution in [0, 0.1) is 47.3 Å². The van der Waals surface area contributed by atoms with Gasteiger partial charge in [0.05, 0.1) is 12.1 Å². The molecule has 0 heterocycles. The van der Waals surface area contributed by atoms with Crippen LogP contribution in [0.1, 0.15) is 81.1 Å². The fourth-order valence-electron chi connectivity index (χ4n) is 5.73. The lowest BCUT2D eigenvalue weighted by Crippen LogP contribution is -2.43. The Morgan fingerprint density at radius 2 is 0.714 bits per heavy atom. The monoisotopic (exact) mass is 614 g/mol. The number of hydrogen-bond acceptors (Lipinski definition) is 2. The first-order valence-corrected chi connectivity index (χ1v) is 14.2. The molecular formula is C24H44I2N2. The van der Waals surface area contributed by atoms with E-state index in [1.54, 1.807) is 0 Å². The van der Waals surface area contributed by atoms with Crippen LogP contribution in [-0.4, -0.2) is 19.9 Å². The predicted molar refractivity (Wildman–Crippen MR) is 140 cm³/mol. The lowest BCUT2D eigenvalue weighted by molar-refractivity contribution is 0.122. The zero-order chi connectivity index (χ0) is 21.2. The molecule has 0 amide bonds. The van der Waals surface area contributed by atoms with Crippen LogP contribution >= 0.6 is 45.2 Å². The summed E-state index contributed by atoms with van der Waals surface area (Å²) < 4.78 is 1.59. The maximum atomic E-state index is 5.26. The van der Waals surface area contributed by atoms with Crippen molar-refractivity contribution in [3.05, 3.63) is 0 Å². The van der Waals surface area contributed by atoms with Gasteiger partial charge in [0.25, 0.3) is 0 Å². The summed E-state index contributed by atoms with van der Waals surface area (Å²) in [5, 5.41) is 10.5. The van der Waals surface area contributed by atoms with E-state index in [9.17, 15) is 0 Å². The van der Waals surface area contributed by atoms with Crippen LogP contribution in [0.25, 0.3) is 0 Å². The molecule has 4 atom stereocenters. The molecule has 2 nitrogen and oxygen atoms in total. The number of rotatable bonds is 6. The highest BCUT2D eigenvalue weighted by Gasteiger charge is 2.42. The molecule has 0 saturated heterocycles. The Kier molecular flexibility index (Phi) is 10.0. The fourth-order valence-corrected chi connectivity index (χ4v) is 8.08. The van der Waals surface area contributed by atoms with E-state index < -0.39 is 0 Å². The molecule has 28 heavy (non-hydrogen) atoms. The highest BCUT2D eigenvalue weighted by Crippen LogP contribution is 2.45. The molecule has 0 N–H and O–H groups in total. The van der Waals surface area contributed by atoms with Crippen LogP contribution in [0.5, 0.6) is 0 Å². The molecule has 0 aromatic carbocycles. The molecule has 2 rings (SSSR count). The van der Waals surface area contributed by atoms with Gasteiger partial charge in [-0.05, 0) is 73.0 Å². The molecular weight excluding hydrogens is 570 g/mol. The Morgan fingerprint density at radius 3 is 0.893 bits per heavy atom. The van der Waals surface area contributed by atoms with Crippen molar-refractivity contribution in [1.29, 1.82) is 0 Å². The minimum Gasteiger partial charge on any atom is -0.190 e. The molecule has 2 saturated carbocycles. The Labute approximate surface area is 202 Å². The van der Waals surface area contributed by atoms with E-state index in [1.807, 2.05) is 0 Å². The molecule has 4 heteroatoms. The van der Waals surface area contributed by atoms with Gasteiger partial charge >= 0.3 is 0 Å². The van der Waals surface area contributed by atoms with Gasteiger partial charge < -0.3 is 0 Å². The van der Waals surface area contributed by atoms with Crippen molar-refractivity contribution in [2.75, 3.05) is 0 Å². The topological polar surface area (TPSA) is 24.7 Å². The molecule has 0 spiro atoms. The molecule has 2 fully saturated rings. The standard InChI is InChI=1S/C24H44I2N2/c1-13(2)19-9-17(25)10-20(14(3)4)23(19)27-28-24-21(15(5)6)11-18(26)12-22(24)16(7)8/h13-24H,9-12H2,1-8H3. The summed E-state index contributed by atoms with van der Waals surface area (Å²) in [5.41, 5.74) is 0. The van der Waals surface area contributed by atoms with Gasteiger partial charge in [-0.1, -0.05) is 101 Å². The number of nitrogens with zero attached hydrogens (tertiary/aromatic N) is 2. The van der Waals surface area contributed by atoms with Crippen LogP contribution in [0.4, 0.5) is 0 Å². The van der Waals surface area contributed by atoms with E-state index in [0.29, 0.717) is 59.4 Å². The van der Waals surface area contributed by atoms with E-state index in [2.05, 4.69) is 101 Å². The van der Waals surface area contributed by atoms with Crippen molar-refractivity contribution in [3.8, 4) is 0 Å². The molecule has 0 aromatic heterocycles. The third-order valence-electron chi connectivity index (χ3n) is 7.62. The fraction of sp³-hybridized carbons (Fsp3) is 1.00. The van der Waals surface area contributed by atoms with Crippen LogP contribution in [0.2, 0.25) is 0 Å². The molecule has 4 unspecified atom stereocenters. The third-order valence-corrected chi connectivity index (χ3v) is 9.66. The van der Waals surface area contributed by atoms with E-state index in [0.717, 1.165) is 7.85 Å². The minimum atomic E-state index is 0.420. The first kappa shape index (κ1) is 25.3. The Balaban J connectivity index is 2.33. The molecule has 0 aliphatic heterocycles. The summed E-state index contributed by atoms with van der Waals surface area (Å²) >= 11 is 5.38. The number of hydrogen-bond donors (Lipinski definition) is 0. The lowest BCUT2D eigenvalue weighted by atomic mass is 9.68.